The van der Waals surface area contributed by atoms with Crippen LogP contribution in [0.25, 0.3) is 11.4 Å². The zero-order valence-corrected chi connectivity index (χ0v) is 14.4. The molecule has 2 rings (SSSR count). The summed E-state index contributed by atoms with van der Waals surface area (Å²) in [5, 5.41) is 17.8. The van der Waals surface area contributed by atoms with Crippen LogP contribution in [0, 0.1) is 6.92 Å². The minimum Gasteiger partial charge on any atom is -0.481 e. The molecule has 0 amide bonds. The molecule has 0 fully saturated rings. The molecule has 0 aliphatic carbocycles. The van der Waals surface area contributed by atoms with E-state index < -0.39 is 5.97 Å². The van der Waals surface area contributed by atoms with Crippen molar-refractivity contribution in [3.05, 3.63) is 28.2 Å². The number of rotatable bonds is 5. The number of carboxylic acid groups (broad SMARTS) is 1. The molecule has 7 heteroatoms. The number of halogens is 1. The SMILES string of the molecule is Cc1cccc(-c2nnc(SCC(=O)O)n2C(C)C)c1Br. The summed E-state index contributed by atoms with van der Waals surface area (Å²) in [5.41, 5.74) is 2.07. The van der Waals surface area contributed by atoms with Crippen LogP contribution in [0.5, 0.6) is 0 Å². The van der Waals surface area contributed by atoms with E-state index in [-0.39, 0.29) is 11.8 Å². The van der Waals surface area contributed by atoms with Gasteiger partial charge in [-0.05, 0) is 42.3 Å². The van der Waals surface area contributed by atoms with Crippen LogP contribution in [0.3, 0.4) is 0 Å². The first-order valence-corrected chi connectivity index (χ1v) is 8.24. The second kappa shape index (κ2) is 6.62. The molecule has 5 nitrogen and oxygen atoms in total. The van der Waals surface area contributed by atoms with Crippen molar-refractivity contribution in [2.75, 3.05) is 5.75 Å². The summed E-state index contributed by atoms with van der Waals surface area (Å²) in [6.07, 6.45) is 0. The average Bonchev–Trinajstić information content (AvgIpc) is 2.83. The van der Waals surface area contributed by atoms with Crippen LogP contribution in [0.2, 0.25) is 0 Å². The largest absolute Gasteiger partial charge is 0.481 e. The van der Waals surface area contributed by atoms with Crippen molar-refractivity contribution in [2.24, 2.45) is 0 Å². The third-order valence-corrected chi connectivity index (χ3v) is 4.92. The molecule has 0 unspecified atom stereocenters. The Morgan fingerprint density at radius 1 is 1.43 bits per heavy atom. The van der Waals surface area contributed by atoms with E-state index in [2.05, 4.69) is 26.1 Å². The van der Waals surface area contributed by atoms with E-state index >= 15 is 0 Å². The van der Waals surface area contributed by atoms with E-state index in [0.717, 1.165) is 21.4 Å². The molecule has 1 heterocycles. The number of thioether (sulfide) groups is 1. The fourth-order valence-corrected chi connectivity index (χ4v) is 3.20. The van der Waals surface area contributed by atoms with Gasteiger partial charge in [-0.3, -0.25) is 9.36 Å². The van der Waals surface area contributed by atoms with Gasteiger partial charge in [0.05, 0.1) is 5.75 Å². The van der Waals surface area contributed by atoms with Crippen molar-refractivity contribution in [2.45, 2.75) is 32.0 Å². The number of carbonyl (C=O) groups is 1. The number of nitrogens with zero attached hydrogens (tertiary/aromatic N) is 3. The van der Waals surface area contributed by atoms with Crippen LogP contribution in [0.4, 0.5) is 0 Å². The fraction of sp³-hybridized carbons (Fsp3) is 0.357. The first kappa shape index (κ1) is 16.0. The van der Waals surface area contributed by atoms with E-state index in [1.54, 1.807) is 0 Å². The van der Waals surface area contributed by atoms with Crippen molar-refractivity contribution in [3.63, 3.8) is 0 Å². The summed E-state index contributed by atoms with van der Waals surface area (Å²) in [5.74, 6) is -0.148. The molecular weight excluding hydrogens is 354 g/mol. The highest BCUT2D eigenvalue weighted by atomic mass is 79.9. The molecular formula is C14H16BrN3O2S. The van der Waals surface area contributed by atoms with Crippen LogP contribution in [-0.2, 0) is 4.79 Å². The second-order valence-electron chi connectivity index (χ2n) is 4.89. The highest BCUT2D eigenvalue weighted by molar-refractivity contribution is 9.10. The number of aryl methyl sites for hydroxylation is 1. The second-order valence-corrected chi connectivity index (χ2v) is 6.62. The third-order valence-electron chi connectivity index (χ3n) is 2.94. The van der Waals surface area contributed by atoms with Gasteiger partial charge in [0.25, 0.3) is 0 Å². The number of carboxylic acids is 1. The first-order valence-electron chi connectivity index (χ1n) is 6.46. The smallest absolute Gasteiger partial charge is 0.313 e. The maximum absolute atomic E-state index is 10.7. The van der Waals surface area contributed by atoms with Gasteiger partial charge in [0.1, 0.15) is 0 Å². The first-order chi connectivity index (χ1) is 9.91. The van der Waals surface area contributed by atoms with Gasteiger partial charge in [0.15, 0.2) is 11.0 Å². The lowest BCUT2D eigenvalue weighted by atomic mass is 10.1. The van der Waals surface area contributed by atoms with Crippen molar-refractivity contribution >= 4 is 33.7 Å². The molecule has 1 N–H and O–H groups in total. The Morgan fingerprint density at radius 2 is 2.14 bits per heavy atom. The average molecular weight is 370 g/mol. The molecule has 0 radical (unpaired) electrons. The fourth-order valence-electron chi connectivity index (χ4n) is 1.97. The molecule has 2 aromatic rings. The molecule has 112 valence electrons. The van der Waals surface area contributed by atoms with Gasteiger partial charge < -0.3 is 5.11 Å². The normalized spacial score (nSPS) is 11.1. The highest BCUT2D eigenvalue weighted by Crippen LogP contribution is 2.33. The summed E-state index contributed by atoms with van der Waals surface area (Å²) >= 11 is 4.77. The Labute approximate surface area is 135 Å². The molecule has 0 aliphatic rings. The molecule has 1 aromatic carbocycles. The zero-order chi connectivity index (χ0) is 15.6. The van der Waals surface area contributed by atoms with Gasteiger partial charge in [0.2, 0.25) is 0 Å². The Balaban J connectivity index is 2.49. The van der Waals surface area contributed by atoms with E-state index in [0.29, 0.717) is 5.16 Å². The van der Waals surface area contributed by atoms with Gasteiger partial charge in [0, 0.05) is 16.1 Å². The van der Waals surface area contributed by atoms with Crippen molar-refractivity contribution in [1.29, 1.82) is 0 Å². The number of hydrogen-bond donors (Lipinski definition) is 1. The zero-order valence-electron chi connectivity index (χ0n) is 12.0. The number of benzene rings is 1. The Bertz CT molecular complexity index is 670. The van der Waals surface area contributed by atoms with Crippen LogP contribution < -0.4 is 0 Å². The van der Waals surface area contributed by atoms with Gasteiger partial charge in [-0.2, -0.15) is 0 Å². The number of aromatic nitrogens is 3. The molecule has 0 spiro atoms. The van der Waals surface area contributed by atoms with Gasteiger partial charge >= 0.3 is 5.97 Å². The molecule has 0 saturated heterocycles. The van der Waals surface area contributed by atoms with Gasteiger partial charge in [-0.1, -0.05) is 30.0 Å². The summed E-state index contributed by atoms with van der Waals surface area (Å²) in [6.45, 7) is 6.08. The minimum atomic E-state index is -0.864. The maximum atomic E-state index is 10.7. The summed E-state index contributed by atoms with van der Waals surface area (Å²) in [6, 6.07) is 6.10. The summed E-state index contributed by atoms with van der Waals surface area (Å²) in [7, 11) is 0. The molecule has 0 atom stereocenters. The highest BCUT2D eigenvalue weighted by Gasteiger charge is 2.19. The Kier molecular flexibility index (Phi) is 5.05. The van der Waals surface area contributed by atoms with Crippen molar-refractivity contribution < 1.29 is 9.90 Å². The van der Waals surface area contributed by atoms with Gasteiger partial charge in [-0.25, -0.2) is 0 Å². The quantitative estimate of drug-likeness (QED) is 0.812. The maximum Gasteiger partial charge on any atom is 0.313 e. The Morgan fingerprint density at radius 3 is 2.76 bits per heavy atom. The number of hydrogen-bond acceptors (Lipinski definition) is 4. The van der Waals surface area contributed by atoms with Crippen LogP contribution in [-0.4, -0.2) is 31.6 Å². The lowest BCUT2D eigenvalue weighted by Crippen LogP contribution is -2.07. The van der Waals surface area contributed by atoms with Crippen molar-refractivity contribution in [3.8, 4) is 11.4 Å². The Hall–Kier alpha value is -1.34. The topological polar surface area (TPSA) is 68.0 Å². The minimum absolute atomic E-state index is 0.0279. The standard InChI is InChI=1S/C14H16BrN3O2S/c1-8(2)18-13(10-6-4-5-9(3)12(10)15)16-17-14(18)21-7-11(19)20/h4-6,8H,7H2,1-3H3,(H,19,20). The van der Waals surface area contributed by atoms with Gasteiger partial charge in [-0.15, -0.1) is 10.2 Å². The van der Waals surface area contributed by atoms with E-state index in [4.69, 9.17) is 5.11 Å². The van der Waals surface area contributed by atoms with Crippen molar-refractivity contribution in [1.82, 2.24) is 14.8 Å². The molecule has 0 bridgehead atoms. The molecule has 1 aromatic heterocycles. The third kappa shape index (κ3) is 3.47. The lowest BCUT2D eigenvalue weighted by molar-refractivity contribution is -0.133. The monoisotopic (exact) mass is 369 g/mol. The van der Waals surface area contributed by atoms with Crippen LogP contribution in [0.15, 0.2) is 27.8 Å². The van der Waals surface area contributed by atoms with Crippen LogP contribution in [0.1, 0.15) is 25.5 Å². The molecule has 0 aliphatic heterocycles. The predicted octanol–water partition coefficient (Wildman–Crippen LogP) is 3.77. The summed E-state index contributed by atoms with van der Waals surface area (Å²) in [4.78, 5) is 10.7. The van der Waals surface area contributed by atoms with E-state index in [1.165, 1.54) is 11.8 Å². The molecule has 0 saturated carbocycles. The summed E-state index contributed by atoms with van der Waals surface area (Å²) < 4.78 is 2.95. The van der Waals surface area contributed by atoms with E-state index in [1.807, 2.05) is 43.5 Å². The molecule has 21 heavy (non-hydrogen) atoms. The number of aliphatic carboxylic acids is 1. The lowest BCUT2D eigenvalue weighted by Gasteiger charge is -2.14. The predicted molar refractivity (Wildman–Crippen MR) is 86.6 cm³/mol. The van der Waals surface area contributed by atoms with E-state index in [9.17, 15) is 4.79 Å². The van der Waals surface area contributed by atoms with Crippen LogP contribution >= 0.6 is 27.7 Å².